The average Bonchev–Trinajstić information content (AvgIpc) is 3.39. The fraction of sp³-hybridized carbons (Fsp3) is 0.516. The highest BCUT2D eigenvalue weighted by atomic mass is 35.5. The van der Waals surface area contributed by atoms with Gasteiger partial charge in [0.2, 0.25) is 5.91 Å². The molecule has 1 saturated heterocycles. The first kappa shape index (κ1) is 29.0. The molecule has 1 aliphatic carbocycles. The number of methoxy groups -OCH3 is 1. The summed E-state index contributed by atoms with van der Waals surface area (Å²) >= 11 is 6.08. The van der Waals surface area contributed by atoms with Crippen molar-refractivity contribution in [1.29, 1.82) is 0 Å². The Kier molecular flexibility index (Phi) is 8.10. The molecule has 3 aromatic rings. The maximum absolute atomic E-state index is 13.8. The third-order valence-corrected chi connectivity index (χ3v) is 8.76. The number of esters is 1. The minimum Gasteiger partial charge on any atom is -0.469 e. The first-order valence-corrected chi connectivity index (χ1v) is 14.7. The molecule has 0 radical (unpaired) electrons. The first-order valence-electron chi connectivity index (χ1n) is 14.3. The lowest BCUT2D eigenvalue weighted by atomic mass is 9.81. The molecule has 0 spiro atoms. The van der Waals surface area contributed by atoms with Crippen molar-refractivity contribution in [1.82, 2.24) is 24.4 Å². The summed E-state index contributed by atoms with van der Waals surface area (Å²) in [5.41, 5.74) is 3.13. The quantitative estimate of drug-likeness (QED) is 0.385. The van der Waals surface area contributed by atoms with Gasteiger partial charge in [0.25, 0.3) is 5.91 Å². The summed E-state index contributed by atoms with van der Waals surface area (Å²) in [6.45, 7) is 9.50. The Bertz CT molecular complexity index is 1460. The summed E-state index contributed by atoms with van der Waals surface area (Å²) in [6, 6.07) is 9.55. The molecule has 5 rings (SSSR count). The number of halogens is 1. The molecule has 2 aromatic heterocycles. The minimum atomic E-state index is -0.577. The molecular formula is C31H38ClN5O4. The Hall–Kier alpha value is -3.46. The Labute approximate surface area is 245 Å². The number of amides is 2. The first-order chi connectivity index (χ1) is 19.5. The maximum atomic E-state index is 13.8. The zero-order chi connectivity index (χ0) is 29.5. The lowest BCUT2D eigenvalue weighted by Crippen LogP contribution is -2.62. The zero-order valence-electron chi connectivity index (χ0n) is 24.4. The number of hydrogen-bond donors (Lipinski definition) is 0. The molecule has 1 aromatic carbocycles. The van der Waals surface area contributed by atoms with E-state index in [1.54, 1.807) is 10.7 Å². The molecule has 9 nitrogen and oxygen atoms in total. The molecule has 2 amide bonds. The van der Waals surface area contributed by atoms with Crippen LogP contribution in [0.3, 0.4) is 0 Å². The van der Waals surface area contributed by atoms with Crippen LogP contribution in [-0.2, 0) is 14.3 Å². The van der Waals surface area contributed by atoms with Crippen molar-refractivity contribution in [3.63, 3.8) is 0 Å². The van der Waals surface area contributed by atoms with Gasteiger partial charge in [-0.05, 0) is 63.6 Å². The van der Waals surface area contributed by atoms with E-state index in [9.17, 15) is 14.4 Å². The molecular weight excluding hydrogens is 542 g/mol. The number of benzene rings is 1. The molecule has 2 fully saturated rings. The number of fused-ring (bicyclic) bond motifs is 1. The second kappa shape index (κ2) is 11.4. The third-order valence-electron chi connectivity index (χ3n) is 8.50. The Morgan fingerprint density at radius 3 is 2.29 bits per heavy atom. The van der Waals surface area contributed by atoms with Crippen molar-refractivity contribution >= 4 is 35.0 Å². The van der Waals surface area contributed by atoms with Crippen molar-refractivity contribution in [3.8, 4) is 11.3 Å². The summed E-state index contributed by atoms with van der Waals surface area (Å²) in [7, 11) is 1.41. The number of hydrogen-bond acceptors (Lipinski definition) is 6. The number of piperazine rings is 1. The molecule has 1 aliphatic heterocycles. The number of rotatable bonds is 5. The standard InChI is InChI=1S/C31H38ClN5O4/c1-19(2)24-16-25(20-10-12-23(32)13-11-20)34-37-17-26(33-27(24)37)29(39)36-15-14-35(18-31(36,3)4)28(38)21-6-8-22(9-7-21)30(40)41-5/h10-13,16-17,19,21-22H,6-9,14-15,18H2,1-5H3/t21-,22+. The van der Waals surface area contributed by atoms with Crippen LogP contribution in [-0.4, -0.2) is 74.5 Å². The van der Waals surface area contributed by atoms with Crippen molar-refractivity contribution in [2.45, 2.75) is 64.8 Å². The molecule has 1 saturated carbocycles. The Morgan fingerprint density at radius 2 is 1.68 bits per heavy atom. The number of nitrogens with zero attached hydrogens (tertiary/aromatic N) is 5. The van der Waals surface area contributed by atoms with Crippen LogP contribution < -0.4 is 0 Å². The second-order valence-electron chi connectivity index (χ2n) is 12.1. The van der Waals surface area contributed by atoms with Gasteiger partial charge in [0.15, 0.2) is 5.65 Å². The molecule has 218 valence electrons. The summed E-state index contributed by atoms with van der Waals surface area (Å²) < 4.78 is 6.58. The lowest BCUT2D eigenvalue weighted by molar-refractivity contribution is -0.149. The molecule has 0 N–H and O–H groups in total. The average molecular weight is 580 g/mol. The summed E-state index contributed by atoms with van der Waals surface area (Å²) in [4.78, 5) is 47.6. The van der Waals surface area contributed by atoms with Crippen LogP contribution in [0.5, 0.6) is 0 Å². The molecule has 2 aliphatic rings. The molecule has 3 heterocycles. The normalized spacial score (nSPS) is 20.9. The van der Waals surface area contributed by atoms with Crippen molar-refractivity contribution in [2.75, 3.05) is 26.7 Å². The van der Waals surface area contributed by atoms with E-state index in [0.29, 0.717) is 61.7 Å². The molecule has 41 heavy (non-hydrogen) atoms. The van der Waals surface area contributed by atoms with Gasteiger partial charge in [-0.15, -0.1) is 0 Å². The van der Waals surface area contributed by atoms with E-state index in [0.717, 1.165) is 16.8 Å². The summed E-state index contributed by atoms with van der Waals surface area (Å²) in [5.74, 6) is -0.287. The minimum absolute atomic E-state index is 0.0947. The Balaban J connectivity index is 1.33. The van der Waals surface area contributed by atoms with Crippen molar-refractivity contribution < 1.29 is 19.1 Å². The number of carbonyl (C=O) groups is 3. The van der Waals surface area contributed by atoms with Gasteiger partial charge < -0.3 is 14.5 Å². The highest BCUT2D eigenvalue weighted by molar-refractivity contribution is 6.30. The monoisotopic (exact) mass is 579 g/mol. The smallest absolute Gasteiger partial charge is 0.308 e. The highest BCUT2D eigenvalue weighted by Gasteiger charge is 2.41. The number of ether oxygens (including phenoxy) is 1. The predicted molar refractivity (Wildman–Crippen MR) is 157 cm³/mol. The van der Waals surface area contributed by atoms with E-state index >= 15 is 0 Å². The van der Waals surface area contributed by atoms with E-state index in [1.165, 1.54) is 7.11 Å². The van der Waals surface area contributed by atoms with Gasteiger partial charge in [-0.3, -0.25) is 14.4 Å². The van der Waals surface area contributed by atoms with Crippen LogP contribution in [0.1, 0.15) is 75.3 Å². The van der Waals surface area contributed by atoms with E-state index in [1.807, 2.05) is 54.0 Å². The van der Waals surface area contributed by atoms with Crippen LogP contribution >= 0.6 is 11.6 Å². The van der Waals surface area contributed by atoms with Gasteiger partial charge in [0.1, 0.15) is 5.69 Å². The SMILES string of the molecule is COC(=O)[C@H]1CC[C@@H](C(=O)N2CCN(C(=O)c3cn4nc(-c5ccc(Cl)cc5)cc(C(C)C)c4n3)C(C)(C)C2)CC1. The molecule has 0 atom stereocenters. The van der Waals surface area contributed by atoms with E-state index < -0.39 is 5.54 Å². The lowest BCUT2D eigenvalue weighted by Gasteiger charge is -2.47. The van der Waals surface area contributed by atoms with Crippen LogP contribution in [0, 0.1) is 11.8 Å². The van der Waals surface area contributed by atoms with E-state index in [2.05, 4.69) is 13.8 Å². The molecule has 0 unspecified atom stereocenters. The topological polar surface area (TPSA) is 97.1 Å². The van der Waals surface area contributed by atoms with Gasteiger partial charge in [0, 0.05) is 41.7 Å². The van der Waals surface area contributed by atoms with Gasteiger partial charge in [0.05, 0.1) is 30.5 Å². The summed E-state index contributed by atoms with van der Waals surface area (Å²) in [6.07, 6.45) is 4.41. The number of imidazole rings is 1. The number of carbonyl (C=O) groups excluding carboxylic acids is 3. The summed E-state index contributed by atoms with van der Waals surface area (Å²) in [5, 5.41) is 5.43. The highest BCUT2D eigenvalue weighted by Crippen LogP contribution is 2.33. The fourth-order valence-electron chi connectivity index (χ4n) is 6.15. The second-order valence-corrected chi connectivity index (χ2v) is 12.6. The number of aromatic nitrogens is 3. The fourth-order valence-corrected chi connectivity index (χ4v) is 6.28. The zero-order valence-corrected chi connectivity index (χ0v) is 25.1. The molecule has 10 heteroatoms. The van der Waals surface area contributed by atoms with Gasteiger partial charge >= 0.3 is 5.97 Å². The van der Waals surface area contributed by atoms with Gasteiger partial charge in [-0.25, -0.2) is 9.50 Å². The van der Waals surface area contributed by atoms with Gasteiger partial charge in [-0.1, -0.05) is 37.6 Å². The van der Waals surface area contributed by atoms with Crippen LogP contribution in [0.4, 0.5) is 0 Å². The largest absolute Gasteiger partial charge is 0.469 e. The van der Waals surface area contributed by atoms with Crippen molar-refractivity contribution in [2.24, 2.45) is 11.8 Å². The predicted octanol–water partition coefficient (Wildman–Crippen LogP) is 5.22. The Morgan fingerprint density at radius 1 is 1.02 bits per heavy atom. The molecule has 0 bridgehead atoms. The van der Waals surface area contributed by atoms with Crippen LogP contribution in [0.25, 0.3) is 16.9 Å². The van der Waals surface area contributed by atoms with E-state index in [-0.39, 0.29) is 35.5 Å². The third kappa shape index (κ3) is 5.82. The van der Waals surface area contributed by atoms with Crippen LogP contribution in [0.2, 0.25) is 5.02 Å². The van der Waals surface area contributed by atoms with Gasteiger partial charge in [-0.2, -0.15) is 5.10 Å². The van der Waals surface area contributed by atoms with Crippen molar-refractivity contribution in [3.05, 3.63) is 52.8 Å². The van der Waals surface area contributed by atoms with Crippen LogP contribution in [0.15, 0.2) is 36.5 Å². The van der Waals surface area contributed by atoms with E-state index in [4.69, 9.17) is 26.4 Å². The maximum Gasteiger partial charge on any atom is 0.308 e.